The predicted octanol–water partition coefficient (Wildman–Crippen LogP) is 1.87. The molecule has 0 saturated carbocycles. The molecule has 8 heteroatoms. The van der Waals surface area contributed by atoms with E-state index in [2.05, 4.69) is 32.4 Å². The average Bonchev–Trinajstić information content (AvgIpc) is 3.36. The van der Waals surface area contributed by atoms with Crippen molar-refractivity contribution in [1.82, 2.24) is 30.5 Å². The van der Waals surface area contributed by atoms with Crippen molar-refractivity contribution in [1.29, 1.82) is 0 Å². The molecule has 5 rings (SSSR count). The molecule has 0 radical (unpaired) electrons. The van der Waals surface area contributed by atoms with Crippen LogP contribution in [0.25, 0.3) is 5.57 Å². The number of hydrogen-bond donors (Lipinski definition) is 2. The van der Waals surface area contributed by atoms with E-state index < -0.39 is 0 Å². The highest BCUT2D eigenvalue weighted by Gasteiger charge is 2.31. The van der Waals surface area contributed by atoms with Crippen LogP contribution in [0.1, 0.15) is 30.2 Å². The summed E-state index contributed by atoms with van der Waals surface area (Å²) in [7, 11) is 1.64. The molecule has 2 aliphatic heterocycles. The van der Waals surface area contributed by atoms with Crippen LogP contribution in [0.4, 0.5) is 0 Å². The van der Waals surface area contributed by atoms with Crippen molar-refractivity contribution >= 4 is 11.4 Å². The summed E-state index contributed by atoms with van der Waals surface area (Å²) in [5.74, 6) is 1.47. The Hall–Kier alpha value is -2.97. The van der Waals surface area contributed by atoms with E-state index in [-0.39, 0.29) is 6.29 Å². The van der Waals surface area contributed by atoms with Gasteiger partial charge in [0, 0.05) is 41.8 Å². The van der Waals surface area contributed by atoms with Crippen molar-refractivity contribution in [2.75, 3.05) is 7.11 Å². The van der Waals surface area contributed by atoms with Gasteiger partial charge >= 0.3 is 0 Å². The zero-order valence-corrected chi connectivity index (χ0v) is 16.7. The third kappa shape index (κ3) is 3.24. The van der Waals surface area contributed by atoms with Crippen molar-refractivity contribution in [2.45, 2.75) is 45.1 Å². The molecular weight excluding hydrogens is 366 g/mol. The summed E-state index contributed by atoms with van der Waals surface area (Å²) in [6.45, 7) is 3.07. The van der Waals surface area contributed by atoms with E-state index in [9.17, 15) is 0 Å². The summed E-state index contributed by atoms with van der Waals surface area (Å²) in [5, 5.41) is 10.1. The lowest BCUT2D eigenvalue weighted by Gasteiger charge is -2.27. The van der Waals surface area contributed by atoms with E-state index in [1.54, 1.807) is 13.3 Å². The minimum Gasteiger partial charge on any atom is -0.481 e. The molecule has 8 nitrogen and oxygen atoms in total. The molecular formula is C21H25N7O. The minimum absolute atomic E-state index is 0.174. The second-order valence-electron chi connectivity index (χ2n) is 7.38. The van der Waals surface area contributed by atoms with E-state index in [0.717, 1.165) is 42.8 Å². The number of amidine groups is 1. The molecule has 2 N–H and O–H groups in total. The molecule has 4 heterocycles. The Balaban J connectivity index is 1.34. The molecule has 0 fully saturated rings. The van der Waals surface area contributed by atoms with Crippen LogP contribution >= 0.6 is 0 Å². The van der Waals surface area contributed by atoms with Gasteiger partial charge in [-0.25, -0.2) is 9.98 Å². The van der Waals surface area contributed by atoms with Crippen LogP contribution < -0.4 is 15.5 Å². The van der Waals surface area contributed by atoms with Crippen molar-refractivity contribution in [3.05, 3.63) is 59.7 Å². The van der Waals surface area contributed by atoms with Gasteiger partial charge < -0.3 is 4.74 Å². The Labute approximate surface area is 170 Å². The van der Waals surface area contributed by atoms with E-state index in [0.29, 0.717) is 11.9 Å². The van der Waals surface area contributed by atoms with Crippen molar-refractivity contribution in [2.24, 2.45) is 4.99 Å². The minimum atomic E-state index is -0.174. The number of fused-ring (bicyclic) bond motifs is 2. The topological polar surface area (TPSA) is 79.6 Å². The van der Waals surface area contributed by atoms with Gasteiger partial charge in [-0.2, -0.15) is 10.5 Å². The fourth-order valence-corrected chi connectivity index (χ4v) is 4.29. The number of aryl methyl sites for hydroxylation is 1. The highest BCUT2D eigenvalue weighted by atomic mass is 16.5. The molecule has 0 saturated heterocycles. The lowest BCUT2D eigenvalue weighted by atomic mass is 9.93. The molecule has 2 unspecified atom stereocenters. The highest BCUT2D eigenvalue weighted by Crippen LogP contribution is 2.30. The van der Waals surface area contributed by atoms with Crippen LogP contribution in [0.15, 0.2) is 47.9 Å². The zero-order valence-electron chi connectivity index (χ0n) is 16.7. The summed E-state index contributed by atoms with van der Waals surface area (Å²) in [4.78, 5) is 9.24. The number of allylic oxidation sites excluding steroid dienone is 2. The largest absolute Gasteiger partial charge is 0.481 e. The predicted molar refractivity (Wildman–Crippen MR) is 111 cm³/mol. The van der Waals surface area contributed by atoms with Crippen LogP contribution in [0.2, 0.25) is 0 Å². The van der Waals surface area contributed by atoms with Gasteiger partial charge in [-0.1, -0.05) is 0 Å². The number of hydrogen-bond acceptors (Lipinski definition) is 7. The summed E-state index contributed by atoms with van der Waals surface area (Å²) in [5.41, 5.74) is 8.07. The fraction of sp³-hybridized carbons (Fsp3) is 0.381. The monoisotopic (exact) mass is 391 g/mol. The number of rotatable bonds is 5. The molecule has 150 valence electrons. The van der Waals surface area contributed by atoms with Crippen molar-refractivity contribution in [3.8, 4) is 5.88 Å². The van der Waals surface area contributed by atoms with Gasteiger partial charge in [0.25, 0.3) is 0 Å². The number of methoxy groups -OCH3 is 1. The molecule has 0 aromatic carbocycles. The SMILES string of the molecule is CCn1ncc2c1CCC(NC1N=C3C(c4cccnc4OC)=CC=CN3N1)C2. The van der Waals surface area contributed by atoms with Gasteiger partial charge in [0.15, 0.2) is 12.1 Å². The quantitative estimate of drug-likeness (QED) is 0.810. The molecule has 0 bridgehead atoms. The fourth-order valence-electron chi connectivity index (χ4n) is 4.29. The third-order valence-electron chi connectivity index (χ3n) is 5.66. The van der Waals surface area contributed by atoms with E-state index >= 15 is 0 Å². The van der Waals surface area contributed by atoms with Gasteiger partial charge in [-0.15, -0.1) is 0 Å². The molecule has 2 atom stereocenters. The van der Waals surface area contributed by atoms with Crippen LogP contribution in [-0.4, -0.2) is 45.1 Å². The maximum Gasteiger partial charge on any atom is 0.221 e. The molecule has 0 amide bonds. The molecule has 2 aromatic rings. The Morgan fingerprint density at radius 3 is 3.17 bits per heavy atom. The second kappa shape index (κ2) is 7.46. The standard InChI is InChI=1S/C21H25N7O/c1-3-27-18-9-8-15(12-14(18)13-23-27)24-21-25-19-16(7-5-11-28(19)26-21)17-6-4-10-22-20(17)29-2/h4-7,10-11,13,15,21,24,26H,3,8-9,12H2,1-2H3. The summed E-state index contributed by atoms with van der Waals surface area (Å²) in [6.07, 6.45) is 12.7. The van der Waals surface area contributed by atoms with Crippen LogP contribution in [0, 0.1) is 0 Å². The number of nitrogens with one attached hydrogen (secondary N) is 2. The summed E-state index contributed by atoms with van der Waals surface area (Å²) in [6, 6.07) is 4.28. The Bertz CT molecular complexity index is 1010. The third-order valence-corrected chi connectivity index (χ3v) is 5.66. The van der Waals surface area contributed by atoms with Crippen LogP contribution in [0.5, 0.6) is 5.88 Å². The highest BCUT2D eigenvalue weighted by molar-refractivity contribution is 6.24. The number of aliphatic imine (C=N–C) groups is 1. The number of nitrogens with zero attached hydrogens (tertiary/aromatic N) is 5. The van der Waals surface area contributed by atoms with Gasteiger partial charge in [0.2, 0.25) is 5.88 Å². The Morgan fingerprint density at radius 2 is 2.31 bits per heavy atom. The molecule has 29 heavy (non-hydrogen) atoms. The van der Waals surface area contributed by atoms with Gasteiger partial charge in [-0.05, 0) is 56.0 Å². The molecule has 0 spiro atoms. The van der Waals surface area contributed by atoms with E-state index in [1.165, 1.54) is 11.3 Å². The summed E-state index contributed by atoms with van der Waals surface area (Å²) >= 11 is 0. The number of hydrazine groups is 1. The molecule has 2 aromatic heterocycles. The number of ether oxygens (including phenoxy) is 1. The zero-order chi connectivity index (χ0) is 19.8. The maximum atomic E-state index is 5.45. The van der Waals surface area contributed by atoms with E-state index in [1.807, 2.05) is 41.7 Å². The lowest BCUT2D eigenvalue weighted by molar-refractivity contribution is 0.298. The average molecular weight is 391 g/mol. The lowest BCUT2D eigenvalue weighted by Crippen LogP contribution is -2.49. The van der Waals surface area contributed by atoms with Crippen LogP contribution in [-0.2, 0) is 19.4 Å². The van der Waals surface area contributed by atoms with Gasteiger partial charge in [0.05, 0.1) is 13.3 Å². The first-order valence-electron chi connectivity index (χ1n) is 10.1. The maximum absolute atomic E-state index is 5.45. The summed E-state index contributed by atoms with van der Waals surface area (Å²) < 4.78 is 7.56. The van der Waals surface area contributed by atoms with Crippen molar-refractivity contribution < 1.29 is 4.74 Å². The normalized spacial score (nSPS) is 22.8. The first kappa shape index (κ1) is 18.1. The smallest absolute Gasteiger partial charge is 0.221 e. The Morgan fingerprint density at radius 1 is 1.38 bits per heavy atom. The number of aromatic nitrogens is 3. The second-order valence-corrected chi connectivity index (χ2v) is 7.38. The van der Waals surface area contributed by atoms with Crippen LogP contribution in [0.3, 0.4) is 0 Å². The van der Waals surface area contributed by atoms with Gasteiger partial charge in [-0.3, -0.25) is 15.0 Å². The molecule has 1 aliphatic carbocycles. The number of pyridine rings is 1. The molecule has 3 aliphatic rings. The van der Waals surface area contributed by atoms with Gasteiger partial charge in [0.1, 0.15) is 0 Å². The van der Waals surface area contributed by atoms with E-state index in [4.69, 9.17) is 9.73 Å². The first-order chi connectivity index (χ1) is 14.3. The van der Waals surface area contributed by atoms with Crippen molar-refractivity contribution in [3.63, 3.8) is 0 Å². The first-order valence-corrected chi connectivity index (χ1v) is 10.1. The Kier molecular flexibility index (Phi) is 4.65.